The van der Waals surface area contributed by atoms with Gasteiger partial charge in [0.15, 0.2) is 6.61 Å². The Balaban J connectivity index is 1.90. The van der Waals surface area contributed by atoms with E-state index in [1.165, 1.54) is 37.5 Å². The number of ether oxygens (including phenoxy) is 3. The molecular weight excluding hydrogens is 393 g/mol. The molecule has 0 aliphatic rings. The third kappa shape index (κ3) is 6.51. The lowest BCUT2D eigenvalue weighted by molar-refractivity contribution is -0.142. The van der Waals surface area contributed by atoms with Crippen molar-refractivity contribution in [1.29, 1.82) is 0 Å². The zero-order chi connectivity index (χ0) is 19.8. The van der Waals surface area contributed by atoms with Crippen LogP contribution in [0.25, 0.3) is 6.08 Å². The first-order valence-corrected chi connectivity index (χ1v) is 8.49. The summed E-state index contributed by atoms with van der Waals surface area (Å²) in [6.45, 7) is -0.451. The van der Waals surface area contributed by atoms with E-state index in [0.717, 1.165) is 0 Å². The highest BCUT2D eigenvalue weighted by atomic mass is 35.5. The number of amides is 1. The molecule has 0 spiro atoms. The molecule has 0 aromatic heterocycles. The first kappa shape index (κ1) is 20.6. The van der Waals surface area contributed by atoms with Gasteiger partial charge in [-0.25, -0.2) is 4.79 Å². The van der Waals surface area contributed by atoms with Gasteiger partial charge < -0.3 is 19.5 Å². The molecule has 6 nitrogen and oxygen atoms in total. The molecule has 0 aliphatic heterocycles. The number of anilines is 1. The Bertz CT molecular complexity index is 847. The molecule has 0 heterocycles. The van der Waals surface area contributed by atoms with Crippen LogP contribution in [0.2, 0.25) is 10.0 Å². The smallest absolute Gasteiger partial charge is 0.331 e. The minimum absolute atomic E-state index is 0.381. The van der Waals surface area contributed by atoms with Crippen molar-refractivity contribution in [3.8, 4) is 11.5 Å². The summed E-state index contributed by atoms with van der Waals surface area (Å²) in [5.74, 6) is -0.0254. The quantitative estimate of drug-likeness (QED) is 0.547. The number of esters is 1. The van der Waals surface area contributed by atoms with Crippen molar-refractivity contribution in [2.45, 2.75) is 0 Å². The molecule has 0 bridgehead atoms. The van der Waals surface area contributed by atoms with Crippen molar-refractivity contribution in [2.75, 3.05) is 26.1 Å². The van der Waals surface area contributed by atoms with E-state index in [0.29, 0.717) is 32.8 Å². The SMILES string of the molecule is COc1ccc(/C=C/C(=O)OCC(=O)Nc2cc(Cl)cc(Cl)c2)c(OC)c1. The summed E-state index contributed by atoms with van der Waals surface area (Å²) in [5.41, 5.74) is 1.07. The molecule has 0 radical (unpaired) electrons. The third-order valence-corrected chi connectivity index (χ3v) is 3.77. The molecule has 0 aliphatic carbocycles. The van der Waals surface area contributed by atoms with Crippen molar-refractivity contribution in [1.82, 2.24) is 0 Å². The fraction of sp³-hybridized carbons (Fsp3) is 0.158. The van der Waals surface area contributed by atoms with Gasteiger partial charge in [-0.3, -0.25) is 4.79 Å². The van der Waals surface area contributed by atoms with Gasteiger partial charge in [0.25, 0.3) is 5.91 Å². The summed E-state index contributed by atoms with van der Waals surface area (Å²) < 4.78 is 15.3. The van der Waals surface area contributed by atoms with Gasteiger partial charge in [-0.2, -0.15) is 0 Å². The average molecular weight is 410 g/mol. The number of carbonyl (C=O) groups is 2. The van der Waals surface area contributed by atoms with E-state index >= 15 is 0 Å². The van der Waals surface area contributed by atoms with E-state index < -0.39 is 18.5 Å². The van der Waals surface area contributed by atoms with Crippen molar-refractivity contribution < 1.29 is 23.8 Å². The van der Waals surface area contributed by atoms with E-state index in [1.54, 1.807) is 25.3 Å². The molecular formula is C19H17Cl2NO5. The summed E-state index contributed by atoms with van der Waals surface area (Å²) in [5, 5.41) is 3.30. The summed E-state index contributed by atoms with van der Waals surface area (Å²) >= 11 is 11.7. The number of nitrogens with one attached hydrogen (secondary N) is 1. The fourth-order valence-corrected chi connectivity index (χ4v) is 2.65. The van der Waals surface area contributed by atoms with Crippen LogP contribution in [0.15, 0.2) is 42.5 Å². The van der Waals surface area contributed by atoms with Crippen molar-refractivity contribution >= 4 is 46.8 Å². The topological polar surface area (TPSA) is 73.9 Å². The average Bonchev–Trinajstić information content (AvgIpc) is 2.63. The Labute approximate surface area is 166 Å². The highest BCUT2D eigenvalue weighted by Gasteiger charge is 2.08. The molecule has 0 saturated heterocycles. The molecule has 27 heavy (non-hydrogen) atoms. The second-order valence-electron chi connectivity index (χ2n) is 5.26. The molecule has 1 amide bonds. The van der Waals surface area contributed by atoms with Gasteiger partial charge in [-0.15, -0.1) is 0 Å². The van der Waals surface area contributed by atoms with Crippen LogP contribution < -0.4 is 14.8 Å². The highest BCUT2D eigenvalue weighted by Crippen LogP contribution is 2.25. The first-order chi connectivity index (χ1) is 12.9. The van der Waals surface area contributed by atoms with Crippen LogP contribution in [0, 0.1) is 0 Å². The molecule has 0 fully saturated rings. The van der Waals surface area contributed by atoms with Crippen LogP contribution in [0.3, 0.4) is 0 Å². The van der Waals surface area contributed by atoms with Crippen molar-refractivity contribution in [3.63, 3.8) is 0 Å². The predicted octanol–water partition coefficient (Wildman–Crippen LogP) is 4.21. The van der Waals surface area contributed by atoms with Crippen LogP contribution in [-0.4, -0.2) is 32.7 Å². The molecule has 2 aromatic rings. The van der Waals surface area contributed by atoms with E-state index in [2.05, 4.69) is 5.32 Å². The fourth-order valence-electron chi connectivity index (χ4n) is 2.12. The van der Waals surface area contributed by atoms with Gasteiger partial charge in [-0.05, 0) is 36.4 Å². The lowest BCUT2D eigenvalue weighted by Crippen LogP contribution is -2.20. The maximum absolute atomic E-state index is 11.9. The summed E-state index contributed by atoms with van der Waals surface area (Å²) in [6, 6.07) is 9.76. The standard InChI is InChI=1S/C19H17Cl2NO5/c1-25-16-5-3-12(17(10-16)26-2)4-6-19(24)27-11-18(23)22-15-8-13(20)7-14(21)9-15/h3-10H,11H2,1-2H3,(H,22,23)/b6-4+. The molecule has 2 rings (SSSR count). The van der Waals surface area contributed by atoms with Crippen LogP contribution in [-0.2, 0) is 14.3 Å². The number of methoxy groups -OCH3 is 2. The van der Waals surface area contributed by atoms with Gasteiger partial charge in [-0.1, -0.05) is 23.2 Å². The van der Waals surface area contributed by atoms with Gasteiger partial charge in [0.05, 0.1) is 14.2 Å². The molecule has 1 N–H and O–H groups in total. The number of benzene rings is 2. The van der Waals surface area contributed by atoms with Crippen LogP contribution in [0.1, 0.15) is 5.56 Å². The Kier molecular flexibility index (Phi) is 7.52. The molecule has 0 atom stereocenters. The summed E-state index contributed by atoms with van der Waals surface area (Å²) in [6.07, 6.45) is 2.73. The minimum Gasteiger partial charge on any atom is -0.497 e. The van der Waals surface area contributed by atoms with E-state index in [1.807, 2.05) is 0 Å². The maximum Gasteiger partial charge on any atom is 0.331 e. The Morgan fingerprint density at radius 2 is 1.74 bits per heavy atom. The molecule has 0 saturated carbocycles. The third-order valence-electron chi connectivity index (χ3n) is 3.33. The van der Waals surface area contributed by atoms with Crippen LogP contribution in [0.5, 0.6) is 11.5 Å². The zero-order valence-corrected chi connectivity index (χ0v) is 16.1. The van der Waals surface area contributed by atoms with E-state index in [4.69, 9.17) is 37.4 Å². The Morgan fingerprint density at radius 1 is 1.04 bits per heavy atom. The normalized spacial score (nSPS) is 10.5. The van der Waals surface area contributed by atoms with Gasteiger partial charge in [0, 0.05) is 33.4 Å². The van der Waals surface area contributed by atoms with Gasteiger partial charge in [0.1, 0.15) is 11.5 Å². The number of rotatable bonds is 7. The number of hydrogen-bond donors (Lipinski definition) is 1. The second-order valence-corrected chi connectivity index (χ2v) is 6.13. The zero-order valence-electron chi connectivity index (χ0n) is 14.6. The second kappa shape index (κ2) is 9.85. The van der Waals surface area contributed by atoms with E-state index in [9.17, 15) is 9.59 Å². The molecule has 142 valence electrons. The van der Waals surface area contributed by atoms with Crippen LogP contribution >= 0.6 is 23.2 Å². The number of carbonyl (C=O) groups excluding carboxylic acids is 2. The lowest BCUT2D eigenvalue weighted by atomic mass is 10.2. The number of halogens is 2. The van der Waals surface area contributed by atoms with Gasteiger partial charge >= 0.3 is 5.97 Å². The minimum atomic E-state index is -0.674. The van der Waals surface area contributed by atoms with Crippen molar-refractivity contribution in [2.24, 2.45) is 0 Å². The Hall–Kier alpha value is -2.70. The Morgan fingerprint density at radius 3 is 2.37 bits per heavy atom. The maximum atomic E-state index is 11.9. The van der Waals surface area contributed by atoms with Crippen LogP contribution in [0.4, 0.5) is 5.69 Å². The predicted molar refractivity (Wildman–Crippen MR) is 105 cm³/mol. The monoisotopic (exact) mass is 409 g/mol. The highest BCUT2D eigenvalue weighted by molar-refractivity contribution is 6.35. The summed E-state index contributed by atoms with van der Waals surface area (Å²) in [7, 11) is 3.06. The summed E-state index contributed by atoms with van der Waals surface area (Å²) in [4.78, 5) is 23.7. The van der Waals surface area contributed by atoms with Gasteiger partial charge in [0.2, 0.25) is 0 Å². The number of hydrogen-bond acceptors (Lipinski definition) is 5. The molecule has 0 unspecified atom stereocenters. The lowest BCUT2D eigenvalue weighted by Gasteiger charge is -2.07. The molecule has 8 heteroatoms. The van der Waals surface area contributed by atoms with Crippen molar-refractivity contribution in [3.05, 3.63) is 58.1 Å². The first-order valence-electron chi connectivity index (χ1n) is 7.74. The van der Waals surface area contributed by atoms with E-state index in [-0.39, 0.29) is 0 Å². The largest absolute Gasteiger partial charge is 0.497 e. The molecule has 2 aromatic carbocycles.